The fourth-order valence-electron chi connectivity index (χ4n) is 3.47. The van der Waals surface area contributed by atoms with E-state index in [-0.39, 0.29) is 30.7 Å². The summed E-state index contributed by atoms with van der Waals surface area (Å²) in [7, 11) is 0. The number of cyclic esters (lactones) is 1. The van der Waals surface area contributed by atoms with Gasteiger partial charge in [0.1, 0.15) is 12.6 Å². The Balaban J connectivity index is 1.44. The molecule has 0 saturated carbocycles. The van der Waals surface area contributed by atoms with Gasteiger partial charge in [0.05, 0.1) is 23.5 Å². The Morgan fingerprint density at radius 3 is 2.88 bits per heavy atom. The van der Waals surface area contributed by atoms with Crippen molar-refractivity contribution in [2.75, 3.05) is 36.5 Å². The third kappa shape index (κ3) is 2.75. The van der Waals surface area contributed by atoms with Crippen LogP contribution in [0.25, 0.3) is 0 Å². The number of imide groups is 1. The van der Waals surface area contributed by atoms with Gasteiger partial charge < -0.3 is 19.7 Å². The van der Waals surface area contributed by atoms with Gasteiger partial charge in [-0.3, -0.25) is 9.59 Å². The van der Waals surface area contributed by atoms with Crippen LogP contribution in [0.4, 0.5) is 16.2 Å². The number of nitrogens with one attached hydrogen (secondary N) is 1. The highest BCUT2D eigenvalue weighted by Crippen LogP contribution is 2.37. The first-order valence-electron chi connectivity index (χ1n) is 8.40. The fourth-order valence-corrected chi connectivity index (χ4v) is 3.47. The van der Waals surface area contributed by atoms with E-state index < -0.39 is 24.6 Å². The third-order valence-electron chi connectivity index (χ3n) is 4.74. The third-order valence-corrected chi connectivity index (χ3v) is 4.74. The number of nitrogens with zero attached hydrogens (tertiary/aromatic N) is 2. The molecule has 2 fully saturated rings. The largest absolute Gasteiger partial charge is 0.452 e. The number of carbonyl (C=O) groups is 4. The van der Waals surface area contributed by atoms with Gasteiger partial charge in [0.15, 0.2) is 6.61 Å². The summed E-state index contributed by atoms with van der Waals surface area (Å²) in [4.78, 5) is 50.5. The second-order valence-electron chi connectivity index (χ2n) is 6.31. The Bertz CT molecular complexity index is 808. The molecule has 3 aliphatic rings. The van der Waals surface area contributed by atoms with E-state index in [9.17, 15) is 19.2 Å². The van der Waals surface area contributed by atoms with Crippen LogP contribution in [0.2, 0.25) is 0 Å². The lowest BCUT2D eigenvalue weighted by atomic mass is 10.1. The molecular weight excluding hydrogens is 342 g/mol. The van der Waals surface area contributed by atoms with Gasteiger partial charge in [-0.15, -0.1) is 0 Å². The van der Waals surface area contributed by atoms with Gasteiger partial charge in [-0.1, -0.05) is 0 Å². The average Bonchev–Trinajstić information content (AvgIpc) is 3.28. The van der Waals surface area contributed by atoms with Gasteiger partial charge >= 0.3 is 12.1 Å². The predicted octanol–water partition coefficient (Wildman–Crippen LogP) is 0.743. The van der Waals surface area contributed by atoms with E-state index in [0.29, 0.717) is 5.69 Å². The van der Waals surface area contributed by atoms with E-state index in [1.165, 1.54) is 0 Å². The maximum atomic E-state index is 12.2. The Morgan fingerprint density at radius 2 is 2.12 bits per heavy atom. The number of ether oxygens (including phenoxy) is 2. The molecule has 9 heteroatoms. The molecule has 4 rings (SSSR count). The zero-order valence-electron chi connectivity index (χ0n) is 13.9. The molecule has 3 amide bonds. The second kappa shape index (κ2) is 6.32. The van der Waals surface area contributed by atoms with Crippen molar-refractivity contribution in [2.24, 2.45) is 0 Å². The van der Waals surface area contributed by atoms with E-state index in [0.717, 1.165) is 30.0 Å². The van der Waals surface area contributed by atoms with Gasteiger partial charge in [0.25, 0.3) is 5.91 Å². The first kappa shape index (κ1) is 16.4. The predicted molar refractivity (Wildman–Crippen MR) is 88.8 cm³/mol. The molecule has 1 aromatic rings. The standard InChI is InChI=1S/C17H17N3O6/c21-14(20-6-7-25-17(20)24)9-26-16(23)10-3-4-12-11(8-10)18-15(22)13-2-1-5-19(12)13/h3-4,8,13H,1-2,5-7,9H2,(H,18,22)/t13-/m0/s1. The van der Waals surface area contributed by atoms with E-state index in [2.05, 4.69) is 10.1 Å². The number of hydrogen-bond acceptors (Lipinski definition) is 7. The molecule has 3 heterocycles. The molecular formula is C17H17N3O6. The number of hydrogen-bond donors (Lipinski definition) is 1. The van der Waals surface area contributed by atoms with Crippen molar-refractivity contribution in [3.63, 3.8) is 0 Å². The maximum Gasteiger partial charge on any atom is 0.416 e. The molecule has 1 atom stereocenters. The van der Waals surface area contributed by atoms with E-state index in [1.54, 1.807) is 18.2 Å². The summed E-state index contributed by atoms with van der Waals surface area (Å²) in [5.74, 6) is -1.42. The lowest BCUT2D eigenvalue weighted by Crippen LogP contribution is -2.43. The van der Waals surface area contributed by atoms with Crippen molar-refractivity contribution in [1.82, 2.24) is 4.90 Å². The van der Waals surface area contributed by atoms with Crippen LogP contribution in [-0.4, -0.2) is 61.1 Å². The van der Waals surface area contributed by atoms with Crippen LogP contribution in [0, 0.1) is 0 Å². The van der Waals surface area contributed by atoms with Crippen molar-refractivity contribution in [3.8, 4) is 0 Å². The molecule has 0 aromatic heterocycles. The quantitative estimate of drug-likeness (QED) is 0.794. The molecule has 0 spiro atoms. The molecule has 2 saturated heterocycles. The number of rotatable bonds is 3. The first-order valence-corrected chi connectivity index (χ1v) is 8.40. The first-order chi connectivity index (χ1) is 12.5. The van der Waals surface area contributed by atoms with Gasteiger partial charge in [-0.2, -0.15) is 0 Å². The lowest BCUT2D eigenvalue weighted by molar-refractivity contribution is -0.131. The fraction of sp³-hybridized carbons (Fsp3) is 0.412. The van der Waals surface area contributed by atoms with E-state index in [4.69, 9.17) is 4.74 Å². The van der Waals surface area contributed by atoms with Crippen molar-refractivity contribution < 1.29 is 28.7 Å². The highest BCUT2D eigenvalue weighted by atomic mass is 16.6. The van der Waals surface area contributed by atoms with Crippen LogP contribution in [-0.2, 0) is 19.1 Å². The number of carbonyl (C=O) groups excluding carboxylic acids is 4. The Hall–Kier alpha value is -3.10. The molecule has 0 unspecified atom stereocenters. The average molecular weight is 359 g/mol. The van der Waals surface area contributed by atoms with Crippen molar-refractivity contribution in [2.45, 2.75) is 18.9 Å². The second-order valence-corrected chi connectivity index (χ2v) is 6.31. The summed E-state index contributed by atoms with van der Waals surface area (Å²) in [5.41, 5.74) is 1.65. The maximum absolute atomic E-state index is 12.2. The molecule has 136 valence electrons. The van der Waals surface area contributed by atoms with Gasteiger partial charge in [-0.25, -0.2) is 14.5 Å². The van der Waals surface area contributed by atoms with Crippen LogP contribution >= 0.6 is 0 Å². The Kier molecular flexibility index (Phi) is 3.98. The van der Waals surface area contributed by atoms with Crippen LogP contribution in [0.3, 0.4) is 0 Å². The van der Waals surface area contributed by atoms with E-state index >= 15 is 0 Å². The minimum absolute atomic E-state index is 0.0803. The zero-order valence-corrected chi connectivity index (χ0v) is 13.9. The number of esters is 1. The van der Waals surface area contributed by atoms with Gasteiger partial charge in [0.2, 0.25) is 5.91 Å². The molecule has 9 nitrogen and oxygen atoms in total. The normalized spacial score (nSPS) is 21.0. The number of anilines is 2. The molecule has 1 aromatic carbocycles. The van der Waals surface area contributed by atoms with Crippen molar-refractivity contribution >= 4 is 35.3 Å². The monoisotopic (exact) mass is 359 g/mol. The minimum Gasteiger partial charge on any atom is -0.452 e. The number of amides is 3. The topological polar surface area (TPSA) is 105 Å². The molecule has 0 bridgehead atoms. The summed E-state index contributed by atoms with van der Waals surface area (Å²) in [6.07, 6.45) is 1.03. The molecule has 26 heavy (non-hydrogen) atoms. The summed E-state index contributed by atoms with van der Waals surface area (Å²) in [5, 5.41) is 2.82. The van der Waals surface area contributed by atoms with Gasteiger partial charge in [0, 0.05) is 6.54 Å². The SMILES string of the molecule is O=C(OCC(=O)N1CCOC1=O)c1ccc2c(c1)NC(=O)[C@@H]1CCCN21. The van der Waals surface area contributed by atoms with Crippen LogP contribution < -0.4 is 10.2 Å². The summed E-state index contributed by atoms with van der Waals surface area (Å²) >= 11 is 0. The van der Waals surface area contributed by atoms with Crippen LogP contribution in [0.1, 0.15) is 23.2 Å². The van der Waals surface area contributed by atoms with Crippen LogP contribution in [0.15, 0.2) is 18.2 Å². The molecule has 0 radical (unpaired) electrons. The highest BCUT2D eigenvalue weighted by molar-refractivity contribution is 6.05. The smallest absolute Gasteiger partial charge is 0.416 e. The summed E-state index contributed by atoms with van der Waals surface area (Å²) < 4.78 is 9.66. The highest BCUT2D eigenvalue weighted by Gasteiger charge is 2.36. The number of benzene rings is 1. The summed E-state index contributed by atoms with van der Waals surface area (Å²) in [6, 6.07) is 4.75. The zero-order chi connectivity index (χ0) is 18.3. The Labute approximate surface area is 148 Å². The van der Waals surface area contributed by atoms with E-state index in [1.807, 2.05) is 4.90 Å². The molecule has 1 N–H and O–H groups in total. The van der Waals surface area contributed by atoms with Crippen molar-refractivity contribution in [1.29, 1.82) is 0 Å². The van der Waals surface area contributed by atoms with Crippen LogP contribution in [0.5, 0.6) is 0 Å². The van der Waals surface area contributed by atoms with Crippen molar-refractivity contribution in [3.05, 3.63) is 23.8 Å². The molecule has 3 aliphatic heterocycles. The summed E-state index contributed by atoms with van der Waals surface area (Å²) in [6.45, 7) is 0.540. The molecule has 0 aliphatic carbocycles. The minimum atomic E-state index is -0.734. The number of fused-ring (bicyclic) bond motifs is 3. The Morgan fingerprint density at radius 1 is 1.27 bits per heavy atom. The van der Waals surface area contributed by atoms with Gasteiger partial charge in [-0.05, 0) is 31.0 Å². The lowest BCUT2D eigenvalue weighted by Gasteiger charge is -2.33.